The number of benzene rings is 1. The maximum Gasteiger partial charge on any atom is 0.415 e. The summed E-state index contributed by atoms with van der Waals surface area (Å²) in [4.78, 5) is 31.3. The van der Waals surface area contributed by atoms with Crippen LogP contribution in [0.3, 0.4) is 0 Å². The van der Waals surface area contributed by atoms with Gasteiger partial charge in [0.1, 0.15) is 17.6 Å². The number of amides is 1. The number of ether oxygens (including phenoxy) is 1. The third kappa shape index (κ3) is 5.01. The normalized spacial score (nSPS) is 13.3. The number of hydrogen-bond donors (Lipinski definition) is 0. The Morgan fingerprint density at radius 1 is 0.976 bits per heavy atom. The molecular formula is C28H23N9O4. The average Bonchev–Trinajstić information content (AvgIpc) is 3.63. The highest BCUT2D eigenvalue weighted by atomic mass is 16.6. The van der Waals surface area contributed by atoms with Gasteiger partial charge in [0, 0.05) is 86.2 Å². The summed E-state index contributed by atoms with van der Waals surface area (Å²) in [5.74, 6) is 1.02. The highest BCUT2D eigenvalue weighted by Gasteiger charge is 2.24. The van der Waals surface area contributed by atoms with Crippen LogP contribution in [0.25, 0.3) is 27.8 Å². The van der Waals surface area contributed by atoms with E-state index in [0.29, 0.717) is 37.3 Å². The van der Waals surface area contributed by atoms with Crippen LogP contribution in [0, 0.1) is 21.4 Å². The average molecular weight is 550 g/mol. The summed E-state index contributed by atoms with van der Waals surface area (Å²) in [5, 5.41) is 29.1. The van der Waals surface area contributed by atoms with Crippen molar-refractivity contribution in [2.75, 3.05) is 31.1 Å². The van der Waals surface area contributed by atoms with E-state index in [1.54, 1.807) is 32.7 Å². The Labute approximate surface area is 233 Å². The van der Waals surface area contributed by atoms with Crippen LogP contribution < -0.4 is 9.64 Å². The fraction of sp³-hybridized carbons (Fsp3) is 0.179. The zero-order valence-corrected chi connectivity index (χ0v) is 21.9. The minimum atomic E-state index is -0.507. The molecule has 0 spiro atoms. The van der Waals surface area contributed by atoms with Gasteiger partial charge >= 0.3 is 6.09 Å². The van der Waals surface area contributed by atoms with Gasteiger partial charge in [0.2, 0.25) is 0 Å². The second-order valence-corrected chi connectivity index (χ2v) is 9.51. The first-order valence-electron chi connectivity index (χ1n) is 12.7. The highest BCUT2D eigenvalue weighted by Crippen LogP contribution is 2.32. The number of carbonyl (C=O) groups is 1. The van der Waals surface area contributed by atoms with Crippen LogP contribution in [0.4, 0.5) is 16.3 Å². The van der Waals surface area contributed by atoms with Gasteiger partial charge in [0.05, 0.1) is 28.4 Å². The smallest absolute Gasteiger partial charge is 0.410 e. The van der Waals surface area contributed by atoms with Gasteiger partial charge < -0.3 is 14.5 Å². The van der Waals surface area contributed by atoms with Crippen molar-refractivity contribution in [3.8, 4) is 34.1 Å². The lowest BCUT2D eigenvalue weighted by Crippen LogP contribution is -2.49. The Morgan fingerprint density at radius 3 is 2.39 bits per heavy atom. The lowest BCUT2D eigenvalue weighted by Gasteiger charge is -2.34. The SMILES string of the molecule is Cn1cc(-c2cc(-c3ccc(N4CCN(C(=O)Oc5ccc([N+](=O)[O-])cc5)CC4)nc3)c3c(C#N)cnn3c2)cn1. The molecule has 41 heavy (non-hydrogen) atoms. The predicted octanol–water partition coefficient (Wildman–Crippen LogP) is 3.90. The number of aryl methyl sites for hydroxylation is 1. The van der Waals surface area contributed by atoms with Crippen molar-refractivity contribution < 1.29 is 14.5 Å². The Kier molecular flexibility index (Phi) is 6.48. The van der Waals surface area contributed by atoms with Crippen LogP contribution in [-0.2, 0) is 7.05 Å². The summed E-state index contributed by atoms with van der Waals surface area (Å²) < 4.78 is 8.82. The zero-order valence-electron chi connectivity index (χ0n) is 21.9. The molecule has 0 aliphatic carbocycles. The number of aromatic nitrogens is 5. The number of carbonyl (C=O) groups excluding carboxylic acids is 1. The molecule has 0 radical (unpaired) electrons. The number of fused-ring (bicyclic) bond motifs is 1. The van der Waals surface area contributed by atoms with Crippen molar-refractivity contribution in [1.29, 1.82) is 5.26 Å². The number of nitrogens with zero attached hydrogens (tertiary/aromatic N) is 9. The highest BCUT2D eigenvalue weighted by molar-refractivity contribution is 5.87. The molecule has 204 valence electrons. The second-order valence-electron chi connectivity index (χ2n) is 9.51. The van der Waals surface area contributed by atoms with E-state index in [-0.39, 0.29) is 11.4 Å². The molecule has 1 aliphatic rings. The van der Waals surface area contributed by atoms with E-state index in [4.69, 9.17) is 9.72 Å². The molecule has 13 nitrogen and oxygen atoms in total. The minimum absolute atomic E-state index is 0.0711. The number of nitro groups is 1. The number of non-ortho nitro benzene ring substituents is 1. The standard InChI is InChI=1S/C28H23N9O4/c1-33-17-22(16-31-33)20-12-25(27-21(13-29)15-32-36(27)18-20)19-2-7-26(30-14-19)34-8-10-35(11-9-34)28(38)41-24-5-3-23(4-6-24)37(39)40/h2-7,12,14-18H,8-11H2,1H3. The maximum absolute atomic E-state index is 12.6. The molecular weight excluding hydrogens is 526 g/mol. The van der Waals surface area contributed by atoms with Gasteiger partial charge in [-0.25, -0.2) is 14.3 Å². The molecule has 0 atom stereocenters. The Bertz CT molecular complexity index is 1800. The molecule has 5 heterocycles. The van der Waals surface area contributed by atoms with Crippen molar-refractivity contribution >= 4 is 23.1 Å². The summed E-state index contributed by atoms with van der Waals surface area (Å²) in [5.41, 5.74) is 4.62. The van der Waals surface area contributed by atoms with Crippen LogP contribution in [0.2, 0.25) is 0 Å². The van der Waals surface area contributed by atoms with Crippen molar-refractivity contribution in [2.45, 2.75) is 0 Å². The third-order valence-corrected chi connectivity index (χ3v) is 6.94. The van der Waals surface area contributed by atoms with E-state index in [2.05, 4.69) is 21.2 Å². The number of piperazine rings is 1. The molecule has 1 aromatic carbocycles. The minimum Gasteiger partial charge on any atom is -0.410 e. The lowest BCUT2D eigenvalue weighted by atomic mass is 10.0. The number of hydrogen-bond acceptors (Lipinski definition) is 9. The van der Waals surface area contributed by atoms with E-state index in [1.807, 2.05) is 37.6 Å². The van der Waals surface area contributed by atoms with Gasteiger partial charge in [-0.15, -0.1) is 0 Å². The Morgan fingerprint density at radius 2 is 1.76 bits per heavy atom. The van der Waals surface area contributed by atoms with Crippen molar-refractivity contribution in [3.05, 3.63) is 89.1 Å². The van der Waals surface area contributed by atoms with Crippen LogP contribution >= 0.6 is 0 Å². The largest absolute Gasteiger partial charge is 0.415 e. The third-order valence-electron chi connectivity index (χ3n) is 6.94. The molecule has 4 aromatic heterocycles. The maximum atomic E-state index is 12.6. The molecule has 5 aromatic rings. The number of nitriles is 1. The first-order chi connectivity index (χ1) is 19.9. The van der Waals surface area contributed by atoms with Gasteiger partial charge in [-0.3, -0.25) is 14.8 Å². The number of nitro benzene ring substituents is 1. The monoisotopic (exact) mass is 549 g/mol. The summed E-state index contributed by atoms with van der Waals surface area (Å²) in [6, 6.07) is 13.5. The molecule has 0 bridgehead atoms. The number of anilines is 1. The molecule has 0 saturated carbocycles. The van der Waals surface area contributed by atoms with E-state index in [9.17, 15) is 20.2 Å². The molecule has 1 saturated heterocycles. The van der Waals surface area contributed by atoms with Gasteiger partial charge in [-0.2, -0.15) is 15.5 Å². The molecule has 13 heteroatoms. The topological polar surface area (TPSA) is 148 Å². The van der Waals surface area contributed by atoms with E-state index in [1.165, 1.54) is 24.3 Å². The van der Waals surface area contributed by atoms with Crippen molar-refractivity contribution in [3.63, 3.8) is 0 Å². The van der Waals surface area contributed by atoms with E-state index >= 15 is 0 Å². The lowest BCUT2D eigenvalue weighted by molar-refractivity contribution is -0.384. The van der Waals surface area contributed by atoms with Crippen LogP contribution in [0.15, 0.2) is 73.4 Å². The van der Waals surface area contributed by atoms with Crippen LogP contribution in [0.5, 0.6) is 5.75 Å². The molecule has 1 amide bonds. The van der Waals surface area contributed by atoms with Crippen LogP contribution in [0.1, 0.15) is 5.56 Å². The first kappa shape index (κ1) is 25.5. The number of rotatable bonds is 5. The summed E-state index contributed by atoms with van der Waals surface area (Å²) >= 11 is 0. The summed E-state index contributed by atoms with van der Waals surface area (Å²) in [6.45, 7) is 1.99. The summed E-state index contributed by atoms with van der Waals surface area (Å²) in [6.07, 6.45) is 8.41. The molecule has 1 fully saturated rings. The fourth-order valence-electron chi connectivity index (χ4n) is 4.80. The van der Waals surface area contributed by atoms with Crippen molar-refractivity contribution in [1.82, 2.24) is 29.3 Å². The van der Waals surface area contributed by atoms with E-state index in [0.717, 1.165) is 28.1 Å². The Balaban J connectivity index is 1.17. The molecule has 0 unspecified atom stereocenters. The van der Waals surface area contributed by atoms with Crippen molar-refractivity contribution in [2.24, 2.45) is 7.05 Å². The summed E-state index contributed by atoms with van der Waals surface area (Å²) in [7, 11) is 1.86. The van der Waals surface area contributed by atoms with Gasteiger partial charge in [0.15, 0.2) is 0 Å². The number of pyridine rings is 2. The Hall–Kier alpha value is -5.77. The van der Waals surface area contributed by atoms with Gasteiger partial charge in [-0.05, 0) is 30.3 Å². The van der Waals surface area contributed by atoms with Gasteiger partial charge in [-0.1, -0.05) is 0 Å². The van der Waals surface area contributed by atoms with Gasteiger partial charge in [0.25, 0.3) is 5.69 Å². The predicted molar refractivity (Wildman–Crippen MR) is 148 cm³/mol. The second kappa shape index (κ2) is 10.4. The van der Waals surface area contributed by atoms with E-state index < -0.39 is 11.0 Å². The molecule has 6 rings (SSSR count). The van der Waals surface area contributed by atoms with Crippen LogP contribution in [-0.4, -0.2) is 66.5 Å². The fourth-order valence-corrected chi connectivity index (χ4v) is 4.80. The molecule has 1 aliphatic heterocycles. The quantitative estimate of drug-likeness (QED) is 0.235. The zero-order chi connectivity index (χ0) is 28.5. The molecule has 0 N–H and O–H groups in total. The first-order valence-corrected chi connectivity index (χ1v) is 12.7.